The van der Waals surface area contributed by atoms with Gasteiger partial charge >= 0.3 is 5.97 Å². The van der Waals surface area contributed by atoms with E-state index in [4.69, 9.17) is 0 Å². The van der Waals surface area contributed by atoms with E-state index in [0.29, 0.717) is 19.3 Å². The lowest BCUT2D eigenvalue weighted by Gasteiger charge is -2.39. The molecule has 1 saturated carbocycles. The van der Waals surface area contributed by atoms with Gasteiger partial charge in [-0.15, -0.1) is 0 Å². The van der Waals surface area contributed by atoms with Crippen LogP contribution in [0.5, 0.6) is 0 Å². The standard InChI is InChI=1S/C14H24N2O4/c1-3-6-11(17)15-9-12(18)16-14(2)8-5-4-7-10(14)13(19)20/h10H,3-9H2,1-2H3,(H,15,17)(H,16,18)(H,19,20). The normalized spacial score (nSPS) is 25.8. The molecule has 0 aromatic rings. The summed E-state index contributed by atoms with van der Waals surface area (Å²) in [7, 11) is 0. The first-order valence-corrected chi connectivity index (χ1v) is 7.19. The summed E-state index contributed by atoms with van der Waals surface area (Å²) in [5.41, 5.74) is -0.726. The smallest absolute Gasteiger partial charge is 0.308 e. The van der Waals surface area contributed by atoms with Crippen molar-refractivity contribution in [1.82, 2.24) is 10.6 Å². The van der Waals surface area contributed by atoms with Gasteiger partial charge in [0, 0.05) is 6.42 Å². The number of amides is 2. The van der Waals surface area contributed by atoms with Crippen LogP contribution < -0.4 is 10.6 Å². The highest BCUT2D eigenvalue weighted by atomic mass is 16.4. The van der Waals surface area contributed by atoms with Gasteiger partial charge in [0.1, 0.15) is 0 Å². The van der Waals surface area contributed by atoms with Gasteiger partial charge in [-0.3, -0.25) is 14.4 Å². The number of hydrogen-bond acceptors (Lipinski definition) is 3. The SMILES string of the molecule is CCCC(=O)NCC(=O)NC1(C)CCCCC1C(=O)O. The van der Waals surface area contributed by atoms with Crippen molar-refractivity contribution < 1.29 is 19.5 Å². The second kappa shape index (κ2) is 7.26. The monoisotopic (exact) mass is 284 g/mol. The topological polar surface area (TPSA) is 95.5 Å². The highest BCUT2D eigenvalue weighted by Crippen LogP contribution is 2.33. The Balaban J connectivity index is 2.53. The summed E-state index contributed by atoms with van der Waals surface area (Å²) in [6.07, 6.45) is 4.12. The number of carbonyl (C=O) groups excluding carboxylic acids is 2. The third-order valence-corrected chi connectivity index (χ3v) is 3.85. The van der Waals surface area contributed by atoms with Gasteiger partial charge in [0.15, 0.2) is 0 Å². The van der Waals surface area contributed by atoms with Crippen LogP contribution in [0.4, 0.5) is 0 Å². The predicted octanol–water partition coefficient (Wildman–Crippen LogP) is 1.05. The number of carbonyl (C=O) groups is 3. The van der Waals surface area contributed by atoms with Gasteiger partial charge in [-0.25, -0.2) is 0 Å². The average Bonchev–Trinajstić information content (AvgIpc) is 2.36. The Morgan fingerprint density at radius 3 is 2.55 bits per heavy atom. The zero-order valence-corrected chi connectivity index (χ0v) is 12.2. The van der Waals surface area contributed by atoms with Gasteiger partial charge in [0.05, 0.1) is 18.0 Å². The first kappa shape index (κ1) is 16.5. The maximum absolute atomic E-state index is 11.9. The molecule has 1 rings (SSSR count). The van der Waals surface area contributed by atoms with Crippen molar-refractivity contribution in [3.05, 3.63) is 0 Å². The van der Waals surface area contributed by atoms with Gasteiger partial charge < -0.3 is 15.7 Å². The number of nitrogens with one attached hydrogen (secondary N) is 2. The molecular formula is C14H24N2O4. The molecule has 3 N–H and O–H groups in total. The molecule has 114 valence electrons. The number of hydrogen-bond donors (Lipinski definition) is 3. The van der Waals surface area contributed by atoms with E-state index >= 15 is 0 Å². The van der Waals surface area contributed by atoms with Gasteiger partial charge in [-0.1, -0.05) is 19.8 Å². The first-order chi connectivity index (χ1) is 9.39. The average molecular weight is 284 g/mol. The van der Waals surface area contributed by atoms with E-state index < -0.39 is 17.4 Å². The van der Waals surface area contributed by atoms with E-state index in [9.17, 15) is 19.5 Å². The summed E-state index contributed by atoms with van der Waals surface area (Å²) in [6.45, 7) is 3.57. The molecule has 1 aliphatic rings. The van der Waals surface area contributed by atoms with Crippen LogP contribution in [0.2, 0.25) is 0 Å². The van der Waals surface area contributed by atoms with Crippen LogP contribution in [0.15, 0.2) is 0 Å². The van der Waals surface area contributed by atoms with E-state index in [0.717, 1.165) is 19.3 Å². The Bertz CT molecular complexity index is 383. The zero-order chi connectivity index (χ0) is 15.2. The number of aliphatic carboxylic acids is 1. The second-order valence-electron chi connectivity index (χ2n) is 5.63. The minimum atomic E-state index is -0.873. The molecule has 0 saturated heterocycles. The van der Waals surface area contributed by atoms with Crippen LogP contribution in [-0.2, 0) is 14.4 Å². The minimum Gasteiger partial charge on any atom is -0.481 e. The summed E-state index contributed by atoms with van der Waals surface area (Å²) in [6, 6.07) is 0. The van der Waals surface area contributed by atoms with Gasteiger partial charge in [-0.2, -0.15) is 0 Å². The molecule has 2 atom stereocenters. The van der Waals surface area contributed by atoms with Crippen LogP contribution in [0.25, 0.3) is 0 Å². The summed E-state index contributed by atoms with van der Waals surface area (Å²) in [4.78, 5) is 34.5. The Labute approximate surface area is 119 Å². The van der Waals surface area contributed by atoms with E-state index in [1.54, 1.807) is 6.92 Å². The molecule has 20 heavy (non-hydrogen) atoms. The molecule has 0 aliphatic heterocycles. The Kier molecular flexibility index (Phi) is 5.98. The molecule has 0 heterocycles. The Hall–Kier alpha value is -1.59. The number of rotatable bonds is 6. The van der Waals surface area contributed by atoms with E-state index in [1.807, 2.05) is 6.92 Å². The van der Waals surface area contributed by atoms with Crippen LogP contribution >= 0.6 is 0 Å². The summed E-state index contributed by atoms with van der Waals surface area (Å²) in [5, 5.41) is 14.6. The van der Waals surface area contributed by atoms with E-state index in [1.165, 1.54) is 0 Å². The largest absolute Gasteiger partial charge is 0.481 e. The van der Waals surface area contributed by atoms with Crippen LogP contribution in [-0.4, -0.2) is 35.0 Å². The van der Waals surface area contributed by atoms with Crippen LogP contribution in [0.1, 0.15) is 52.4 Å². The molecule has 6 heteroatoms. The molecule has 0 radical (unpaired) electrons. The maximum Gasteiger partial charge on any atom is 0.308 e. The van der Waals surface area contributed by atoms with Crippen molar-refractivity contribution in [2.24, 2.45) is 5.92 Å². The van der Waals surface area contributed by atoms with Crippen molar-refractivity contribution in [3.8, 4) is 0 Å². The third-order valence-electron chi connectivity index (χ3n) is 3.85. The highest BCUT2D eigenvalue weighted by molar-refractivity contribution is 5.85. The van der Waals surface area contributed by atoms with Gasteiger partial charge in [0.2, 0.25) is 11.8 Å². The van der Waals surface area contributed by atoms with Crippen LogP contribution in [0, 0.1) is 5.92 Å². The lowest BCUT2D eigenvalue weighted by Crippen LogP contribution is -2.57. The minimum absolute atomic E-state index is 0.0965. The molecule has 0 bridgehead atoms. The molecule has 2 unspecified atom stereocenters. The van der Waals surface area contributed by atoms with Crippen molar-refractivity contribution in [3.63, 3.8) is 0 Å². The fraction of sp³-hybridized carbons (Fsp3) is 0.786. The molecular weight excluding hydrogens is 260 g/mol. The molecule has 6 nitrogen and oxygen atoms in total. The molecule has 2 amide bonds. The Morgan fingerprint density at radius 2 is 1.95 bits per heavy atom. The Morgan fingerprint density at radius 1 is 1.25 bits per heavy atom. The maximum atomic E-state index is 11.9. The number of carboxylic acid groups (broad SMARTS) is 1. The summed E-state index contributed by atoms with van der Waals surface area (Å²) < 4.78 is 0. The second-order valence-corrected chi connectivity index (χ2v) is 5.63. The fourth-order valence-electron chi connectivity index (χ4n) is 2.74. The summed E-state index contributed by atoms with van der Waals surface area (Å²) in [5.74, 6) is -1.93. The molecule has 1 aliphatic carbocycles. The fourth-order valence-corrected chi connectivity index (χ4v) is 2.74. The predicted molar refractivity (Wildman–Crippen MR) is 74.1 cm³/mol. The third kappa shape index (κ3) is 4.51. The molecule has 1 fully saturated rings. The zero-order valence-electron chi connectivity index (χ0n) is 12.2. The van der Waals surface area contributed by atoms with Crippen LogP contribution in [0.3, 0.4) is 0 Å². The van der Waals surface area contributed by atoms with Crippen molar-refractivity contribution in [2.45, 2.75) is 57.9 Å². The van der Waals surface area contributed by atoms with E-state index in [-0.39, 0.29) is 18.4 Å². The van der Waals surface area contributed by atoms with Gasteiger partial charge in [-0.05, 0) is 26.2 Å². The van der Waals surface area contributed by atoms with Crippen molar-refractivity contribution in [1.29, 1.82) is 0 Å². The lowest BCUT2D eigenvalue weighted by molar-refractivity contribution is -0.146. The molecule has 0 spiro atoms. The summed E-state index contributed by atoms with van der Waals surface area (Å²) >= 11 is 0. The highest BCUT2D eigenvalue weighted by Gasteiger charge is 2.42. The molecule has 0 aromatic heterocycles. The molecule has 0 aromatic carbocycles. The van der Waals surface area contributed by atoms with Crippen molar-refractivity contribution in [2.75, 3.05) is 6.54 Å². The quantitative estimate of drug-likeness (QED) is 0.679. The van der Waals surface area contributed by atoms with Gasteiger partial charge in [0.25, 0.3) is 0 Å². The first-order valence-electron chi connectivity index (χ1n) is 7.19. The lowest BCUT2D eigenvalue weighted by atomic mass is 9.74. The van der Waals surface area contributed by atoms with Crippen molar-refractivity contribution >= 4 is 17.8 Å². The number of carboxylic acids is 1. The van der Waals surface area contributed by atoms with E-state index in [2.05, 4.69) is 10.6 Å².